The first-order valence-electron chi connectivity index (χ1n) is 10.5. The van der Waals surface area contributed by atoms with E-state index in [-0.39, 0.29) is 11.3 Å². The lowest BCUT2D eigenvalue weighted by Gasteiger charge is -2.26. The van der Waals surface area contributed by atoms with Gasteiger partial charge >= 0.3 is 0 Å². The summed E-state index contributed by atoms with van der Waals surface area (Å²) < 4.78 is 10.9. The highest BCUT2D eigenvalue weighted by Crippen LogP contribution is 2.43. The van der Waals surface area contributed by atoms with Crippen LogP contribution >= 0.6 is 0 Å². The summed E-state index contributed by atoms with van der Waals surface area (Å²) in [7, 11) is 3.05. The fourth-order valence-electron chi connectivity index (χ4n) is 4.01. The predicted molar refractivity (Wildman–Crippen MR) is 119 cm³/mol. The number of likely N-dealkylation sites (tertiary alicyclic amines) is 1. The molecule has 1 amide bonds. The first-order chi connectivity index (χ1) is 14.9. The van der Waals surface area contributed by atoms with E-state index in [1.54, 1.807) is 30.2 Å². The first-order valence-corrected chi connectivity index (χ1v) is 10.5. The molecular formula is C25H29NO5. The molecule has 1 atom stereocenters. The van der Waals surface area contributed by atoms with Crippen molar-refractivity contribution in [2.24, 2.45) is 0 Å². The zero-order valence-electron chi connectivity index (χ0n) is 18.5. The Balaban J connectivity index is 2.23. The molecule has 0 saturated carbocycles. The fraction of sp³-hybridized carbons (Fsp3) is 0.360. The second kappa shape index (κ2) is 9.69. The molecule has 0 spiro atoms. The Bertz CT molecular complexity index is 1010. The molecule has 1 aliphatic rings. The summed E-state index contributed by atoms with van der Waals surface area (Å²) in [5.41, 5.74) is 1.99. The number of hydrogen-bond donors (Lipinski definition) is 1. The van der Waals surface area contributed by atoms with E-state index in [0.29, 0.717) is 29.2 Å². The van der Waals surface area contributed by atoms with E-state index in [4.69, 9.17) is 9.47 Å². The highest BCUT2D eigenvalue weighted by Gasteiger charge is 2.47. The molecule has 2 aromatic rings. The normalized spacial score (nSPS) is 17.8. The number of hydrogen-bond acceptors (Lipinski definition) is 5. The molecule has 1 aliphatic heterocycles. The maximum Gasteiger partial charge on any atom is 0.295 e. The second-order valence-electron chi connectivity index (χ2n) is 7.65. The Labute approximate surface area is 183 Å². The van der Waals surface area contributed by atoms with Gasteiger partial charge in [-0.25, -0.2) is 0 Å². The lowest BCUT2D eigenvalue weighted by Crippen LogP contribution is -2.30. The average molecular weight is 424 g/mol. The number of rotatable bonds is 8. The van der Waals surface area contributed by atoms with Crippen molar-refractivity contribution in [1.29, 1.82) is 0 Å². The number of unbranched alkanes of at least 4 members (excludes halogenated alkanes) is 2. The van der Waals surface area contributed by atoms with Crippen molar-refractivity contribution in [2.75, 3.05) is 20.8 Å². The van der Waals surface area contributed by atoms with Crippen LogP contribution in [0.15, 0.2) is 48.0 Å². The van der Waals surface area contributed by atoms with Crippen LogP contribution in [-0.2, 0) is 9.59 Å². The summed E-state index contributed by atoms with van der Waals surface area (Å²) in [5.74, 6) is -0.572. The van der Waals surface area contributed by atoms with Crippen molar-refractivity contribution in [3.05, 3.63) is 64.7 Å². The zero-order valence-corrected chi connectivity index (χ0v) is 18.5. The van der Waals surface area contributed by atoms with Crippen molar-refractivity contribution >= 4 is 17.4 Å². The maximum absolute atomic E-state index is 13.1. The van der Waals surface area contributed by atoms with Gasteiger partial charge < -0.3 is 19.5 Å². The molecule has 1 saturated heterocycles. The standard InChI is InChI=1S/C25H29NO5/c1-5-6-9-14-26-22(17-10-7-8-11-19(17)30-3)21(24(28)25(26)29)23(27)18-15-16(2)12-13-20(18)31-4/h7-8,10-13,15,22,27H,5-6,9,14H2,1-4H3/b23-21+. The van der Waals surface area contributed by atoms with Gasteiger partial charge in [-0.1, -0.05) is 49.6 Å². The van der Waals surface area contributed by atoms with Crippen LogP contribution in [0.3, 0.4) is 0 Å². The fourth-order valence-corrected chi connectivity index (χ4v) is 4.01. The Morgan fingerprint density at radius 1 is 1.03 bits per heavy atom. The van der Waals surface area contributed by atoms with E-state index in [1.807, 2.05) is 31.2 Å². The third kappa shape index (κ3) is 4.29. The minimum atomic E-state index is -0.738. The molecule has 0 aromatic heterocycles. The molecule has 1 heterocycles. The third-order valence-electron chi connectivity index (χ3n) is 5.59. The molecule has 164 valence electrons. The Morgan fingerprint density at radius 3 is 2.42 bits per heavy atom. The minimum absolute atomic E-state index is 0.0508. The van der Waals surface area contributed by atoms with E-state index in [2.05, 4.69) is 6.92 Å². The van der Waals surface area contributed by atoms with Gasteiger partial charge in [-0.2, -0.15) is 0 Å². The van der Waals surface area contributed by atoms with Gasteiger partial charge in [-0.3, -0.25) is 9.59 Å². The van der Waals surface area contributed by atoms with Crippen LogP contribution in [0.1, 0.15) is 48.9 Å². The van der Waals surface area contributed by atoms with E-state index in [9.17, 15) is 14.7 Å². The summed E-state index contributed by atoms with van der Waals surface area (Å²) in [6, 6.07) is 11.9. The largest absolute Gasteiger partial charge is 0.507 e. The number of amides is 1. The minimum Gasteiger partial charge on any atom is -0.507 e. The number of ketones is 1. The summed E-state index contributed by atoms with van der Waals surface area (Å²) in [4.78, 5) is 27.7. The number of aliphatic hydroxyl groups is 1. The van der Waals surface area contributed by atoms with E-state index >= 15 is 0 Å². The molecule has 0 aliphatic carbocycles. The molecule has 3 rings (SSSR count). The number of Topliss-reactive ketones (excluding diaryl/α,β-unsaturated/α-hetero) is 1. The number of ether oxygens (including phenoxy) is 2. The van der Waals surface area contributed by atoms with E-state index in [0.717, 1.165) is 24.8 Å². The van der Waals surface area contributed by atoms with Gasteiger partial charge in [-0.05, 0) is 31.5 Å². The second-order valence-corrected chi connectivity index (χ2v) is 7.65. The number of nitrogens with zero attached hydrogens (tertiary/aromatic N) is 1. The summed E-state index contributed by atoms with van der Waals surface area (Å²) in [6.45, 7) is 4.38. The smallest absolute Gasteiger partial charge is 0.295 e. The Morgan fingerprint density at radius 2 is 1.74 bits per heavy atom. The summed E-state index contributed by atoms with van der Waals surface area (Å²) >= 11 is 0. The molecule has 1 fully saturated rings. The topological polar surface area (TPSA) is 76.1 Å². The van der Waals surface area contributed by atoms with Crippen LogP contribution < -0.4 is 9.47 Å². The third-order valence-corrected chi connectivity index (χ3v) is 5.59. The van der Waals surface area contributed by atoms with Gasteiger partial charge in [0, 0.05) is 12.1 Å². The molecule has 6 nitrogen and oxygen atoms in total. The first kappa shape index (κ1) is 22.4. The van der Waals surface area contributed by atoms with Gasteiger partial charge in [0.25, 0.3) is 11.7 Å². The monoisotopic (exact) mass is 423 g/mol. The van der Waals surface area contributed by atoms with Crippen LogP contribution in [0.25, 0.3) is 5.76 Å². The molecule has 0 bridgehead atoms. The maximum atomic E-state index is 13.1. The molecule has 0 radical (unpaired) electrons. The summed E-state index contributed by atoms with van der Waals surface area (Å²) in [5, 5.41) is 11.3. The van der Waals surface area contributed by atoms with Crippen molar-refractivity contribution in [3.8, 4) is 11.5 Å². The van der Waals surface area contributed by atoms with Gasteiger partial charge in [0.15, 0.2) is 0 Å². The molecule has 31 heavy (non-hydrogen) atoms. The highest BCUT2D eigenvalue weighted by molar-refractivity contribution is 6.46. The number of carbonyl (C=O) groups is 2. The van der Waals surface area contributed by atoms with Crippen LogP contribution in [0.4, 0.5) is 0 Å². The van der Waals surface area contributed by atoms with Gasteiger partial charge in [-0.15, -0.1) is 0 Å². The number of benzene rings is 2. The summed E-state index contributed by atoms with van der Waals surface area (Å²) in [6.07, 6.45) is 2.69. The van der Waals surface area contributed by atoms with Crippen molar-refractivity contribution < 1.29 is 24.2 Å². The van der Waals surface area contributed by atoms with E-state index in [1.165, 1.54) is 7.11 Å². The Hall–Kier alpha value is -3.28. The lowest BCUT2D eigenvalue weighted by molar-refractivity contribution is -0.139. The van der Waals surface area contributed by atoms with E-state index < -0.39 is 17.7 Å². The number of aliphatic hydroxyl groups excluding tert-OH is 1. The average Bonchev–Trinajstić information content (AvgIpc) is 3.03. The predicted octanol–water partition coefficient (Wildman–Crippen LogP) is 4.62. The highest BCUT2D eigenvalue weighted by atomic mass is 16.5. The quantitative estimate of drug-likeness (QED) is 0.290. The number of carbonyl (C=O) groups excluding carboxylic acids is 2. The van der Waals surface area contributed by atoms with Crippen molar-refractivity contribution in [3.63, 3.8) is 0 Å². The number of aryl methyl sites for hydroxylation is 1. The van der Waals surface area contributed by atoms with Crippen LogP contribution in [-0.4, -0.2) is 42.5 Å². The van der Waals surface area contributed by atoms with Gasteiger partial charge in [0.1, 0.15) is 17.3 Å². The molecule has 6 heteroatoms. The molecule has 2 aromatic carbocycles. The molecule has 1 unspecified atom stereocenters. The lowest BCUT2D eigenvalue weighted by atomic mass is 9.94. The number of methoxy groups -OCH3 is 2. The number of para-hydroxylation sites is 1. The van der Waals surface area contributed by atoms with Crippen LogP contribution in [0.2, 0.25) is 0 Å². The van der Waals surface area contributed by atoms with Gasteiger partial charge in [0.05, 0.1) is 31.4 Å². The molecule has 1 N–H and O–H groups in total. The SMILES string of the molecule is CCCCCN1C(=O)C(=O)/C(=C(/O)c2cc(C)ccc2OC)C1c1ccccc1OC. The van der Waals surface area contributed by atoms with Crippen molar-refractivity contribution in [1.82, 2.24) is 4.90 Å². The van der Waals surface area contributed by atoms with Crippen molar-refractivity contribution in [2.45, 2.75) is 39.2 Å². The zero-order chi connectivity index (χ0) is 22.5. The van der Waals surface area contributed by atoms with Gasteiger partial charge in [0.2, 0.25) is 0 Å². The van der Waals surface area contributed by atoms with Crippen LogP contribution in [0, 0.1) is 6.92 Å². The van der Waals surface area contributed by atoms with Crippen LogP contribution in [0.5, 0.6) is 11.5 Å². The molecular weight excluding hydrogens is 394 g/mol. The Kier molecular flexibility index (Phi) is 7.00.